The van der Waals surface area contributed by atoms with Gasteiger partial charge in [-0.1, -0.05) is 54.1 Å². The van der Waals surface area contributed by atoms with Crippen molar-refractivity contribution in [2.75, 3.05) is 10.6 Å². The topological polar surface area (TPSA) is 58.2 Å². The zero-order valence-corrected chi connectivity index (χ0v) is 16.1. The highest BCUT2D eigenvalue weighted by atomic mass is 35.5. The fourth-order valence-corrected chi connectivity index (χ4v) is 3.02. The number of nitrogens with one attached hydrogen (secondary N) is 2. The van der Waals surface area contributed by atoms with E-state index in [1.54, 1.807) is 48.5 Å². The third-order valence-corrected chi connectivity index (χ3v) is 4.44. The van der Waals surface area contributed by atoms with Crippen LogP contribution in [0, 0.1) is 0 Å². The summed E-state index contributed by atoms with van der Waals surface area (Å²) in [6.45, 7) is 0. The van der Waals surface area contributed by atoms with Crippen molar-refractivity contribution < 1.29 is 9.59 Å². The Kier molecular flexibility index (Phi) is 6.82. The molecule has 0 spiro atoms. The van der Waals surface area contributed by atoms with Gasteiger partial charge in [-0.05, 0) is 54.8 Å². The first-order chi connectivity index (χ1) is 13.6. The van der Waals surface area contributed by atoms with E-state index < -0.39 is 0 Å². The van der Waals surface area contributed by atoms with Crippen molar-refractivity contribution in [2.24, 2.45) is 0 Å². The number of anilines is 2. The van der Waals surface area contributed by atoms with Crippen LogP contribution in [0.25, 0.3) is 0 Å². The number of hydrogen-bond acceptors (Lipinski definition) is 2. The van der Waals surface area contributed by atoms with E-state index in [2.05, 4.69) is 22.8 Å². The molecule has 0 atom stereocenters. The van der Waals surface area contributed by atoms with Crippen molar-refractivity contribution in [1.82, 2.24) is 0 Å². The molecule has 0 unspecified atom stereocenters. The summed E-state index contributed by atoms with van der Waals surface area (Å²) in [5.74, 6) is -0.328. The molecule has 0 radical (unpaired) electrons. The van der Waals surface area contributed by atoms with Crippen LogP contribution < -0.4 is 10.6 Å². The molecule has 5 heteroatoms. The third-order valence-electron chi connectivity index (χ3n) is 4.20. The Hall–Kier alpha value is -3.11. The lowest BCUT2D eigenvalue weighted by Crippen LogP contribution is -2.14. The van der Waals surface area contributed by atoms with Gasteiger partial charge in [-0.25, -0.2) is 0 Å². The zero-order valence-electron chi connectivity index (χ0n) is 15.3. The van der Waals surface area contributed by atoms with E-state index in [0.29, 0.717) is 28.4 Å². The minimum atomic E-state index is -0.262. The summed E-state index contributed by atoms with van der Waals surface area (Å²) in [4.78, 5) is 24.6. The lowest BCUT2D eigenvalue weighted by molar-refractivity contribution is -0.116. The largest absolute Gasteiger partial charge is 0.326 e. The molecule has 0 saturated heterocycles. The summed E-state index contributed by atoms with van der Waals surface area (Å²) in [6, 6.07) is 23.9. The van der Waals surface area contributed by atoms with E-state index in [1.807, 2.05) is 18.2 Å². The maximum Gasteiger partial charge on any atom is 0.255 e. The maximum atomic E-state index is 12.4. The predicted octanol–water partition coefficient (Wildman–Crippen LogP) is 5.55. The van der Waals surface area contributed by atoms with Gasteiger partial charge in [-0.3, -0.25) is 9.59 Å². The van der Waals surface area contributed by atoms with Crippen LogP contribution in [-0.2, 0) is 11.2 Å². The van der Waals surface area contributed by atoms with Crippen LogP contribution in [0.5, 0.6) is 0 Å². The molecule has 0 aliphatic carbocycles. The van der Waals surface area contributed by atoms with Crippen molar-refractivity contribution >= 4 is 34.8 Å². The van der Waals surface area contributed by atoms with Crippen LogP contribution >= 0.6 is 11.6 Å². The number of benzene rings is 3. The van der Waals surface area contributed by atoms with Gasteiger partial charge in [0, 0.05) is 28.4 Å². The monoisotopic (exact) mass is 392 g/mol. The van der Waals surface area contributed by atoms with Gasteiger partial charge in [0.25, 0.3) is 5.91 Å². The second-order valence-corrected chi connectivity index (χ2v) is 6.87. The SMILES string of the molecule is O=C(CCCc1ccccc1)Nc1cccc(C(=O)Nc2cccc(Cl)c2)c1. The third kappa shape index (κ3) is 5.96. The van der Waals surface area contributed by atoms with Gasteiger partial charge in [0.2, 0.25) is 5.91 Å². The minimum absolute atomic E-state index is 0.0664. The molecule has 0 heterocycles. The molecule has 3 aromatic rings. The Morgan fingerprint density at radius 3 is 2.25 bits per heavy atom. The van der Waals surface area contributed by atoms with Gasteiger partial charge in [0.15, 0.2) is 0 Å². The molecule has 0 aliphatic rings. The van der Waals surface area contributed by atoms with Gasteiger partial charge in [-0.15, -0.1) is 0 Å². The zero-order chi connectivity index (χ0) is 19.8. The summed E-state index contributed by atoms with van der Waals surface area (Å²) >= 11 is 5.94. The molecule has 142 valence electrons. The number of halogens is 1. The lowest BCUT2D eigenvalue weighted by Gasteiger charge is -2.09. The van der Waals surface area contributed by atoms with Crippen molar-refractivity contribution in [3.8, 4) is 0 Å². The second kappa shape index (κ2) is 9.72. The standard InChI is InChI=1S/C23H21ClN2O2/c24-19-11-6-13-21(16-19)26-23(28)18-10-5-12-20(15-18)25-22(27)14-4-9-17-7-2-1-3-8-17/h1-3,5-8,10-13,15-16H,4,9,14H2,(H,25,27)(H,26,28). The smallest absolute Gasteiger partial charge is 0.255 e. The van der Waals surface area contributed by atoms with E-state index in [4.69, 9.17) is 11.6 Å². The molecule has 0 fully saturated rings. The summed E-state index contributed by atoms with van der Waals surface area (Å²) in [5.41, 5.74) is 2.90. The van der Waals surface area contributed by atoms with Crippen LogP contribution in [0.2, 0.25) is 5.02 Å². The number of carbonyl (C=O) groups is 2. The summed E-state index contributed by atoms with van der Waals surface area (Å²) in [6.07, 6.45) is 2.05. The average Bonchev–Trinajstić information content (AvgIpc) is 2.69. The summed E-state index contributed by atoms with van der Waals surface area (Å²) < 4.78 is 0. The van der Waals surface area contributed by atoms with Crippen LogP contribution in [0.1, 0.15) is 28.8 Å². The molecular weight excluding hydrogens is 372 g/mol. The lowest BCUT2D eigenvalue weighted by atomic mass is 10.1. The molecule has 0 aromatic heterocycles. The molecule has 28 heavy (non-hydrogen) atoms. The quantitative estimate of drug-likeness (QED) is 0.553. The molecule has 3 aromatic carbocycles. The molecule has 4 nitrogen and oxygen atoms in total. The van der Waals surface area contributed by atoms with Crippen LogP contribution in [0.3, 0.4) is 0 Å². The number of hydrogen-bond donors (Lipinski definition) is 2. The molecule has 0 aliphatic heterocycles. The Morgan fingerprint density at radius 2 is 1.50 bits per heavy atom. The molecule has 0 bridgehead atoms. The maximum absolute atomic E-state index is 12.4. The van der Waals surface area contributed by atoms with E-state index in [9.17, 15) is 9.59 Å². The minimum Gasteiger partial charge on any atom is -0.326 e. The molecule has 3 rings (SSSR count). The van der Waals surface area contributed by atoms with Gasteiger partial charge < -0.3 is 10.6 Å². The number of aryl methyl sites for hydroxylation is 1. The van der Waals surface area contributed by atoms with E-state index in [-0.39, 0.29) is 11.8 Å². The molecule has 2 amide bonds. The van der Waals surface area contributed by atoms with Gasteiger partial charge >= 0.3 is 0 Å². The van der Waals surface area contributed by atoms with Crippen LogP contribution in [-0.4, -0.2) is 11.8 Å². The van der Waals surface area contributed by atoms with Gasteiger partial charge in [0.05, 0.1) is 0 Å². The van der Waals surface area contributed by atoms with Crippen molar-refractivity contribution in [1.29, 1.82) is 0 Å². The first-order valence-corrected chi connectivity index (χ1v) is 9.49. The Balaban J connectivity index is 1.53. The van der Waals surface area contributed by atoms with E-state index in [1.165, 1.54) is 5.56 Å². The number of carbonyl (C=O) groups excluding carboxylic acids is 2. The molecule has 2 N–H and O–H groups in total. The van der Waals surface area contributed by atoms with Crippen LogP contribution in [0.15, 0.2) is 78.9 Å². The second-order valence-electron chi connectivity index (χ2n) is 6.43. The predicted molar refractivity (Wildman–Crippen MR) is 114 cm³/mol. The first kappa shape index (κ1) is 19.6. The highest BCUT2D eigenvalue weighted by Gasteiger charge is 2.09. The first-order valence-electron chi connectivity index (χ1n) is 9.11. The van der Waals surface area contributed by atoms with Crippen molar-refractivity contribution in [3.05, 3.63) is 95.0 Å². The highest BCUT2D eigenvalue weighted by molar-refractivity contribution is 6.31. The Bertz CT molecular complexity index is 958. The van der Waals surface area contributed by atoms with Gasteiger partial charge in [0.1, 0.15) is 0 Å². The normalized spacial score (nSPS) is 10.3. The van der Waals surface area contributed by atoms with E-state index >= 15 is 0 Å². The fraction of sp³-hybridized carbons (Fsp3) is 0.130. The summed E-state index contributed by atoms with van der Waals surface area (Å²) in [7, 11) is 0. The van der Waals surface area contributed by atoms with Crippen molar-refractivity contribution in [3.63, 3.8) is 0 Å². The fourth-order valence-electron chi connectivity index (χ4n) is 2.83. The number of rotatable bonds is 7. The van der Waals surface area contributed by atoms with Gasteiger partial charge in [-0.2, -0.15) is 0 Å². The molecule has 0 saturated carbocycles. The highest BCUT2D eigenvalue weighted by Crippen LogP contribution is 2.17. The Morgan fingerprint density at radius 1 is 0.786 bits per heavy atom. The number of amides is 2. The van der Waals surface area contributed by atoms with Crippen molar-refractivity contribution in [2.45, 2.75) is 19.3 Å². The van der Waals surface area contributed by atoms with E-state index in [0.717, 1.165) is 12.8 Å². The average molecular weight is 393 g/mol. The Labute approximate surface area is 169 Å². The molecular formula is C23H21ClN2O2. The summed E-state index contributed by atoms with van der Waals surface area (Å²) in [5, 5.41) is 6.20. The van der Waals surface area contributed by atoms with Crippen LogP contribution in [0.4, 0.5) is 11.4 Å².